The standard InChI is InChI=1S/C10H12N2O5/c13-7-2-4-1-5-8(14)9(15)6(17-5)3-12(4)10(16)11-7/h2,5-6,8-9,14-15H,1,3H2,(H,11,13,16)/t5?,6?,8?,9-/m1/s1. The average Bonchev–Trinajstić information content (AvgIpc) is 2.48. The quantitative estimate of drug-likeness (QED) is 0.468. The summed E-state index contributed by atoms with van der Waals surface area (Å²) in [7, 11) is 0. The normalized spacial score (nSPS) is 35.4. The third-order valence-electron chi connectivity index (χ3n) is 3.35. The van der Waals surface area contributed by atoms with Crippen molar-refractivity contribution in [2.24, 2.45) is 0 Å². The van der Waals surface area contributed by atoms with Crippen molar-refractivity contribution in [2.75, 3.05) is 0 Å². The zero-order valence-electron chi connectivity index (χ0n) is 8.87. The molecule has 7 nitrogen and oxygen atoms in total. The van der Waals surface area contributed by atoms with E-state index in [1.807, 2.05) is 0 Å². The van der Waals surface area contributed by atoms with Gasteiger partial charge in [0, 0.05) is 18.2 Å². The predicted octanol–water partition coefficient (Wildman–Crippen LogP) is -2.42. The van der Waals surface area contributed by atoms with Gasteiger partial charge in [-0.25, -0.2) is 4.79 Å². The van der Waals surface area contributed by atoms with E-state index in [4.69, 9.17) is 4.74 Å². The summed E-state index contributed by atoms with van der Waals surface area (Å²) in [5.41, 5.74) is -0.448. The molecule has 1 aromatic heterocycles. The maximum absolute atomic E-state index is 11.6. The van der Waals surface area contributed by atoms with Gasteiger partial charge >= 0.3 is 5.69 Å². The number of nitrogens with one attached hydrogen (secondary N) is 1. The lowest BCUT2D eigenvalue weighted by molar-refractivity contribution is 0.00805. The van der Waals surface area contributed by atoms with E-state index in [9.17, 15) is 19.8 Å². The number of hydrogen-bond donors (Lipinski definition) is 3. The Kier molecular flexibility index (Phi) is 2.22. The third kappa shape index (κ3) is 1.54. The highest BCUT2D eigenvalue weighted by Gasteiger charge is 2.45. The molecule has 0 aliphatic carbocycles. The zero-order chi connectivity index (χ0) is 12.2. The van der Waals surface area contributed by atoms with Crippen molar-refractivity contribution in [3.05, 3.63) is 32.6 Å². The number of rotatable bonds is 0. The van der Waals surface area contributed by atoms with Crippen molar-refractivity contribution in [2.45, 2.75) is 37.4 Å². The summed E-state index contributed by atoms with van der Waals surface area (Å²) in [5.74, 6) is 0. The van der Waals surface area contributed by atoms with E-state index in [1.54, 1.807) is 0 Å². The maximum Gasteiger partial charge on any atom is 0.328 e. The van der Waals surface area contributed by atoms with E-state index in [0.29, 0.717) is 5.69 Å². The minimum absolute atomic E-state index is 0.139. The van der Waals surface area contributed by atoms with Gasteiger partial charge in [-0.3, -0.25) is 14.3 Å². The smallest absolute Gasteiger partial charge is 0.328 e. The van der Waals surface area contributed by atoms with Gasteiger partial charge < -0.3 is 14.9 Å². The van der Waals surface area contributed by atoms with Crippen molar-refractivity contribution >= 4 is 0 Å². The predicted molar refractivity (Wildman–Crippen MR) is 55.7 cm³/mol. The van der Waals surface area contributed by atoms with Crippen LogP contribution < -0.4 is 11.2 Å². The van der Waals surface area contributed by atoms with Gasteiger partial charge in [-0.1, -0.05) is 0 Å². The number of nitrogens with zero attached hydrogens (tertiary/aromatic N) is 1. The van der Waals surface area contributed by atoms with Crippen molar-refractivity contribution in [3.8, 4) is 0 Å². The first-order valence-corrected chi connectivity index (χ1v) is 5.41. The molecule has 7 heteroatoms. The lowest BCUT2D eigenvalue weighted by atomic mass is 10.0. The second kappa shape index (κ2) is 3.52. The highest BCUT2D eigenvalue weighted by atomic mass is 16.5. The van der Waals surface area contributed by atoms with Crippen LogP contribution in [0.25, 0.3) is 0 Å². The molecule has 1 fully saturated rings. The first kappa shape index (κ1) is 10.7. The molecule has 0 spiro atoms. The van der Waals surface area contributed by atoms with E-state index in [-0.39, 0.29) is 13.0 Å². The van der Waals surface area contributed by atoms with Gasteiger partial charge in [-0.05, 0) is 0 Å². The lowest BCUT2D eigenvalue weighted by Crippen LogP contribution is -2.42. The van der Waals surface area contributed by atoms with Crippen LogP contribution in [0.4, 0.5) is 0 Å². The van der Waals surface area contributed by atoms with Crippen molar-refractivity contribution in [1.29, 1.82) is 0 Å². The molecular weight excluding hydrogens is 228 g/mol. The summed E-state index contributed by atoms with van der Waals surface area (Å²) in [6.07, 6.45) is -2.90. The van der Waals surface area contributed by atoms with Crippen LogP contribution >= 0.6 is 0 Å². The number of H-pyrrole nitrogens is 1. The molecule has 17 heavy (non-hydrogen) atoms. The Hall–Kier alpha value is -1.44. The molecule has 1 saturated heterocycles. The van der Waals surface area contributed by atoms with Crippen molar-refractivity contribution in [1.82, 2.24) is 9.55 Å². The van der Waals surface area contributed by atoms with Gasteiger partial charge in [-0.15, -0.1) is 0 Å². The van der Waals surface area contributed by atoms with E-state index in [1.165, 1.54) is 10.6 Å². The van der Waals surface area contributed by atoms with E-state index in [0.717, 1.165) is 0 Å². The fourth-order valence-corrected chi connectivity index (χ4v) is 2.47. The molecule has 3 N–H and O–H groups in total. The first-order chi connectivity index (χ1) is 8.06. The van der Waals surface area contributed by atoms with Crippen LogP contribution in [-0.2, 0) is 17.7 Å². The topological polar surface area (TPSA) is 105 Å². The van der Waals surface area contributed by atoms with Crippen LogP contribution in [0.3, 0.4) is 0 Å². The van der Waals surface area contributed by atoms with Crippen LogP contribution in [-0.4, -0.2) is 44.2 Å². The van der Waals surface area contributed by atoms with Gasteiger partial charge in [0.2, 0.25) is 0 Å². The monoisotopic (exact) mass is 240 g/mol. The van der Waals surface area contributed by atoms with E-state index in [2.05, 4.69) is 4.98 Å². The molecule has 92 valence electrons. The maximum atomic E-state index is 11.6. The number of aromatic amines is 1. The van der Waals surface area contributed by atoms with Gasteiger partial charge in [-0.2, -0.15) is 0 Å². The number of hydrogen-bond acceptors (Lipinski definition) is 5. The van der Waals surface area contributed by atoms with Crippen molar-refractivity contribution in [3.63, 3.8) is 0 Å². The molecule has 3 heterocycles. The molecule has 0 aromatic carbocycles. The van der Waals surface area contributed by atoms with Crippen LogP contribution in [0.1, 0.15) is 5.69 Å². The van der Waals surface area contributed by atoms with Gasteiger partial charge in [0.25, 0.3) is 5.56 Å². The molecule has 0 saturated carbocycles. The molecule has 0 amide bonds. The molecule has 2 aliphatic heterocycles. The molecule has 2 bridgehead atoms. The zero-order valence-corrected chi connectivity index (χ0v) is 8.87. The Morgan fingerprint density at radius 2 is 2.00 bits per heavy atom. The summed E-state index contributed by atoms with van der Waals surface area (Å²) in [5, 5.41) is 19.4. The second-order valence-corrected chi connectivity index (χ2v) is 4.44. The molecule has 2 aliphatic rings. The summed E-state index contributed by atoms with van der Waals surface area (Å²) in [4.78, 5) is 25.0. The molecular formula is C10H12N2O5. The Morgan fingerprint density at radius 3 is 2.76 bits per heavy atom. The molecule has 0 radical (unpaired) electrons. The summed E-state index contributed by atoms with van der Waals surface area (Å²) in [6, 6.07) is 1.32. The fraction of sp³-hybridized carbons (Fsp3) is 0.600. The van der Waals surface area contributed by atoms with Crippen LogP contribution in [0.2, 0.25) is 0 Å². The van der Waals surface area contributed by atoms with E-state index < -0.39 is 35.7 Å². The highest BCUT2D eigenvalue weighted by molar-refractivity contribution is 5.09. The van der Waals surface area contributed by atoms with Crippen LogP contribution in [0.5, 0.6) is 0 Å². The summed E-state index contributed by atoms with van der Waals surface area (Å²) in [6.45, 7) is 0.139. The molecule has 3 rings (SSSR count). The van der Waals surface area contributed by atoms with Gasteiger partial charge in [0.05, 0.1) is 12.6 Å². The summed E-state index contributed by atoms with van der Waals surface area (Å²) >= 11 is 0. The number of fused-ring (bicyclic) bond motifs is 3. The Labute approximate surface area is 95.3 Å². The molecule has 1 aromatic rings. The van der Waals surface area contributed by atoms with Gasteiger partial charge in [0.1, 0.15) is 18.3 Å². The highest BCUT2D eigenvalue weighted by Crippen LogP contribution is 2.27. The number of aromatic nitrogens is 2. The second-order valence-electron chi connectivity index (χ2n) is 4.44. The number of ether oxygens (including phenoxy) is 1. The lowest BCUT2D eigenvalue weighted by Gasteiger charge is -2.19. The Bertz CT molecular complexity index is 563. The first-order valence-electron chi connectivity index (χ1n) is 5.41. The third-order valence-corrected chi connectivity index (χ3v) is 3.35. The van der Waals surface area contributed by atoms with Gasteiger partial charge in [0.15, 0.2) is 0 Å². The minimum atomic E-state index is -0.994. The SMILES string of the molecule is O=c1cc2n(c(=O)[nH]1)CC1OC(C2)C(O)[C@@H]1O. The van der Waals surface area contributed by atoms with Crippen molar-refractivity contribution < 1.29 is 14.9 Å². The molecule has 4 atom stereocenters. The fourth-order valence-electron chi connectivity index (χ4n) is 2.47. The van der Waals surface area contributed by atoms with Crippen LogP contribution in [0, 0.1) is 0 Å². The Balaban J connectivity index is 2.12. The number of aliphatic hydroxyl groups is 2. The Morgan fingerprint density at radius 1 is 1.29 bits per heavy atom. The van der Waals surface area contributed by atoms with Crippen LogP contribution in [0.15, 0.2) is 15.7 Å². The molecule has 3 unspecified atom stereocenters. The van der Waals surface area contributed by atoms with E-state index >= 15 is 0 Å². The number of aliphatic hydroxyl groups excluding tert-OH is 2. The average molecular weight is 240 g/mol. The largest absolute Gasteiger partial charge is 0.388 e. The minimum Gasteiger partial charge on any atom is -0.388 e. The summed E-state index contributed by atoms with van der Waals surface area (Å²) < 4.78 is 6.82.